The maximum atomic E-state index is 11.5. The zero-order chi connectivity index (χ0) is 9.19. The second-order valence-corrected chi connectivity index (χ2v) is 4.28. The van der Waals surface area contributed by atoms with E-state index in [1.807, 2.05) is 20.8 Å². The van der Waals surface area contributed by atoms with Crippen molar-refractivity contribution in [1.82, 2.24) is 5.32 Å². The van der Waals surface area contributed by atoms with Crippen LogP contribution >= 0.6 is 0 Å². The number of rotatable bonds is 1. The average molecular weight is 171 g/mol. The van der Waals surface area contributed by atoms with Crippen molar-refractivity contribution in [2.45, 2.75) is 33.2 Å². The fraction of sp³-hybridized carbons (Fsp3) is 0.889. The lowest BCUT2D eigenvalue weighted by Gasteiger charge is -2.20. The van der Waals surface area contributed by atoms with Crippen LogP contribution in [0.1, 0.15) is 27.2 Å². The lowest BCUT2D eigenvalue weighted by atomic mass is 9.95. The first-order chi connectivity index (χ1) is 5.50. The van der Waals surface area contributed by atoms with Crippen LogP contribution in [0.5, 0.6) is 0 Å². The van der Waals surface area contributed by atoms with Crippen LogP contribution in [0.2, 0.25) is 0 Å². The van der Waals surface area contributed by atoms with E-state index in [0.29, 0.717) is 6.61 Å². The molecule has 1 aliphatic rings. The Bertz CT molecular complexity index is 166. The van der Waals surface area contributed by atoms with Crippen LogP contribution in [-0.2, 0) is 9.53 Å². The first-order valence-corrected chi connectivity index (χ1v) is 4.39. The van der Waals surface area contributed by atoms with Crippen molar-refractivity contribution >= 4 is 5.91 Å². The van der Waals surface area contributed by atoms with E-state index in [2.05, 4.69) is 5.32 Å². The highest BCUT2D eigenvalue weighted by atomic mass is 16.5. The summed E-state index contributed by atoms with van der Waals surface area (Å²) in [6.45, 7) is 7.19. The quantitative estimate of drug-likeness (QED) is 0.637. The van der Waals surface area contributed by atoms with Gasteiger partial charge in [-0.2, -0.15) is 0 Å². The number of nitrogens with one attached hydrogen (secondary N) is 1. The Morgan fingerprint density at radius 3 is 2.58 bits per heavy atom. The standard InChI is InChI=1S/C9H17NO2/c1-9(2,3)8(11)10-7-4-5-12-6-7/h7H,4-6H2,1-3H3,(H,10,11)/t7-/m1/s1. The summed E-state index contributed by atoms with van der Waals surface area (Å²) < 4.78 is 5.16. The molecule has 70 valence electrons. The highest BCUT2D eigenvalue weighted by molar-refractivity contribution is 5.81. The van der Waals surface area contributed by atoms with Crippen molar-refractivity contribution in [2.75, 3.05) is 13.2 Å². The highest BCUT2D eigenvalue weighted by Gasteiger charge is 2.25. The molecule has 1 rings (SSSR count). The van der Waals surface area contributed by atoms with E-state index in [0.717, 1.165) is 13.0 Å². The molecule has 12 heavy (non-hydrogen) atoms. The number of amides is 1. The van der Waals surface area contributed by atoms with Gasteiger partial charge in [0.2, 0.25) is 5.91 Å². The predicted octanol–water partition coefficient (Wildman–Crippen LogP) is 0.938. The molecule has 0 aromatic rings. The molecule has 0 aromatic carbocycles. The second-order valence-electron chi connectivity index (χ2n) is 4.28. The van der Waals surface area contributed by atoms with Crippen LogP contribution in [0.4, 0.5) is 0 Å². The van der Waals surface area contributed by atoms with E-state index < -0.39 is 0 Å². The van der Waals surface area contributed by atoms with Crippen molar-refractivity contribution in [3.05, 3.63) is 0 Å². The first-order valence-electron chi connectivity index (χ1n) is 4.39. The van der Waals surface area contributed by atoms with Gasteiger partial charge in [-0.25, -0.2) is 0 Å². The summed E-state index contributed by atoms with van der Waals surface area (Å²) in [6, 6.07) is 0.233. The summed E-state index contributed by atoms with van der Waals surface area (Å²) in [7, 11) is 0. The van der Waals surface area contributed by atoms with E-state index >= 15 is 0 Å². The fourth-order valence-electron chi connectivity index (χ4n) is 1.05. The van der Waals surface area contributed by atoms with Crippen LogP contribution in [0.25, 0.3) is 0 Å². The number of ether oxygens (including phenoxy) is 1. The molecule has 1 aliphatic heterocycles. The topological polar surface area (TPSA) is 38.3 Å². The molecule has 1 saturated heterocycles. The minimum Gasteiger partial charge on any atom is -0.379 e. The molecule has 0 aliphatic carbocycles. The van der Waals surface area contributed by atoms with E-state index in [1.165, 1.54) is 0 Å². The number of carbonyl (C=O) groups excluding carboxylic acids is 1. The first kappa shape index (κ1) is 9.52. The number of hydrogen-bond acceptors (Lipinski definition) is 2. The van der Waals surface area contributed by atoms with Crippen LogP contribution in [-0.4, -0.2) is 25.2 Å². The summed E-state index contributed by atoms with van der Waals surface area (Å²) in [6.07, 6.45) is 0.946. The van der Waals surface area contributed by atoms with E-state index in [9.17, 15) is 4.79 Å². The predicted molar refractivity (Wildman–Crippen MR) is 46.8 cm³/mol. The van der Waals surface area contributed by atoms with E-state index in [4.69, 9.17) is 4.74 Å². The Balaban J connectivity index is 2.35. The molecule has 3 heteroatoms. The van der Waals surface area contributed by atoms with E-state index in [1.54, 1.807) is 0 Å². The maximum Gasteiger partial charge on any atom is 0.225 e. The van der Waals surface area contributed by atoms with Gasteiger partial charge in [0.15, 0.2) is 0 Å². The third-order valence-corrected chi connectivity index (χ3v) is 1.95. The minimum absolute atomic E-state index is 0.109. The molecule has 0 bridgehead atoms. The molecule has 1 N–H and O–H groups in total. The largest absolute Gasteiger partial charge is 0.379 e. The van der Waals surface area contributed by atoms with Gasteiger partial charge in [0.1, 0.15) is 0 Å². The van der Waals surface area contributed by atoms with Crippen molar-refractivity contribution < 1.29 is 9.53 Å². The molecule has 0 radical (unpaired) electrons. The Labute approximate surface area is 73.5 Å². The van der Waals surface area contributed by atoms with Gasteiger partial charge in [-0.1, -0.05) is 20.8 Å². The Morgan fingerprint density at radius 1 is 1.50 bits per heavy atom. The highest BCUT2D eigenvalue weighted by Crippen LogP contribution is 2.14. The Hall–Kier alpha value is -0.570. The number of hydrogen-bond donors (Lipinski definition) is 1. The van der Waals surface area contributed by atoms with Crippen molar-refractivity contribution in [1.29, 1.82) is 0 Å². The fourth-order valence-corrected chi connectivity index (χ4v) is 1.05. The molecule has 0 spiro atoms. The molecule has 1 amide bonds. The maximum absolute atomic E-state index is 11.5. The minimum atomic E-state index is -0.289. The van der Waals surface area contributed by atoms with Gasteiger partial charge in [-0.05, 0) is 6.42 Å². The molecule has 1 fully saturated rings. The van der Waals surface area contributed by atoms with Gasteiger partial charge >= 0.3 is 0 Å². The summed E-state index contributed by atoms with van der Waals surface area (Å²) in [4.78, 5) is 11.5. The molecular weight excluding hydrogens is 154 g/mol. The lowest BCUT2D eigenvalue weighted by Crippen LogP contribution is -2.41. The van der Waals surface area contributed by atoms with Crippen LogP contribution < -0.4 is 5.32 Å². The van der Waals surface area contributed by atoms with Crippen molar-refractivity contribution in [3.8, 4) is 0 Å². The molecule has 0 unspecified atom stereocenters. The summed E-state index contributed by atoms with van der Waals surface area (Å²) in [5.41, 5.74) is -0.289. The van der Waals surface area contributed by atoms with Gasteiger partial charge in [-0.15, -0.1) is 0 Å². The van der Waals surface area contributed by atoms with Crippen molar-refractivity contribution in [3.63, 3.8) is 0 Å². The molecule has 3 nitrogen and oxygen atoms in total. The smallest absolute Gasteiger partial charge is 0.225 e. The number of carbonyl (C=O) groups is 1. The summed E-state index contributed by atoms with van der Waals surface area (Å²) in [5, 5.41) is 2.95. The second kappa shape index (κ2) is 3.44. The SMILES string of the molecule is CC(C)(C)C(=O)N[C@@H]1CCOC1. The Morgan fingerprint density at radius 2 is 2.17 bits per heavy atom. The monoisotopic (exact) mass is 171 g/mol. The van der Waals surface area contributed by atoms with Gasteiger partial charge in [0, 0.05) is 12.0 Å². The van der Waals surface area contributed by atoms with Crippen molar-refractivity contribution in [2.24, 2.45) is 5.41 Å². The zero-order valence-corrected chi connectivity index (χ0v) is 8.02. The average Bonchev–Trinajstić information content (AvgIpc) is 2.37. The Kier molecular flexibility index (Phi) is 2.73. The molecule has 1 atom stereocenters. The van der Waals surface area contributed by atoms with Crippen LogP contribution in [0.15, 0.2) is 0 Å². The van der Waals surface area contributed by atoms with Crippen LogP contribution in [0, 0.1) is 5.41 Å². The lowest BCUT2D eigenvalue weighted by molar-refractivity contribution is -0.129. The summed E-state index contributed by atoms with van der Waals surface area (Å²) >= 11 is 0. The molecular formula is C9H17NO2. The van der Waals surface area contributed by atoms with Gasteiger partial charge in [0.25, 0.3) is 0 Å². The zero-order valence-electron chi connectivity index (χ0n) is 8.02. The van der Waals surface area contributed by atoms with E-state index in [-0.39, 0.29) is 17.4 Å². The third kappa shape index (κ3) is 2.48. The molecule has 0 aromatic heterocycles. The molecule has 1 heterocycles. The van der Waals surface area contributed by atoms with Gasteiger partial charge < -0.3 is 10.1 Å². The normalized spacial score (nSPS) is 24.1. The van der Waals surface area contributed by atoms with Crippen LogP contribution in [0.3, 0.4) is 0 Å². The molecule has 0 saturated carbocycles. The van der Waals surface area contributed by atoms with Gasteiger partial charge in [0.05, 0.1) is 12.6 Å². The van der Waals surface area contributed by atoms with Gasteiger partial charge in [-0.3, -0.25) is 4.79 Å². The third-order valence-electron chi connectivity index (χ3n) is 1.95. The summed E-state index contributed by atoms with van der Waals surface area (Å²) in [5.74, 6) is 0.109.